The van der Waals surface area contributed by atoms with Crippen LogP contribution in [0.4, 0.5) is 16.2 Å². The van der Waals surface area contributed by atoms with Crippen molar-refractivity contribution in [2.45, 2.75) is 23.5 Å². The molecule has 0 aromatic heterocycles. The summed E-state index contributed by atoms with van der Waals surface area (Å²) in [4.78, 5) is 27.3. The molecule has 0 spiro atoms. The molecular formula is C25H24ClN3O5S. The number of carbonyl (C=O) groups is 2. The van der Waals surface area contributed by atoms with Crippen LogP contribution >= 0.6 is 11.6 Å². The number of likely N-dealkylation sites (tertiary alicyclic amines) is 1. The van der Waals surface area contributed by atoms with Crippen LogP contribution in [0.25, 0.3) is 11.1 Å². The number of aliphatic hydroxyl groups is 1. The Morgan fingerprint density at radius 1 is 0.943 bits per heavy atom. The van der Waals surface area contributed by atoms with E-state index in [0.29, 0.717) is 27.5 Å². The van der Waals surface area contributed by atoms with Crippen molar-refractivity contribution in [3.63, 3.8) is 0 Å². The molecule has 182 valence electrons. The number of sulfone groups is 1. The summed E-state index contributed by atoms with van der Waals surface area (Å²) in [5, 5.41) is 16.1. The Balaban J connectivity index is 1.47. The van der Waals surface area contributed by atoms with Gasteiger partial charge in [0.2, 0.25) is 5.91 Å². The molecule has 2 atom stereocenters. The van der Waals surface area contributed by atoms with Gasteiger partial charge in [-0.1, -0.05) is 41.9 Å². The van der Waals surface area contributed by atoms with E-state index in [1.54, 1.807) is 72.8 Å². The molecule has 0 bridgehead atoms. The van der Waals surface area contributed by atoms with Crippen molar-refractivity contribution in [2.75, 3.05) is 23.4 Å². The lowest BCUT2D eigenvalue weighted by Crippen LogP contribution is -2.45. The van der Waals surface area contributed by atoms with Crippen molar-refractivity contribution in [1.29, 1.82) is 0 Å². The molecule has 1 saturated heterocycles. The van der Waals surface area contributed by atoms with Crippen LogP contribution in [-0.4, -0.2) is 55.3 Å². The molecule has 0 saturated carbocycles. The highest BCUT2D eigenvalue weighted by atomic mass is 35.5. The van der Waals surface area contributed by atoms with Gasteiger partial charge < -0.3 is 20.6 Å². The molecule has 4 rings (SSSR count). The minimum atomic E-state index is -3.41. The van der Waals surface area contributed by atoms with E-state index >= 15 is 0 Å². The van der Waals surface area contributed by atoms with Crippen LogP contribution in [0.5, 0.6) is 0 Å². The number of hydrogen-bond donors (Lipinski definition) is 3. The normalized spacial score (nSPS) is 17.7. The van der Waals surface area contributed by atoms with Gasteiger partial charge in [-0.15, -0.1) is 0 Å². The van der Waals surface area contributed by atoms with Gasteiger partial charge in [-0.2, -0.15) is 0 Å². The number of carbonyl (C=O) groups excluding carboxylic acids is 2. The number of aliphatic hydroxyl groups excluding tert-OH is 1. The lowest BCUT2D eigenvalue weighted by atomic mass is 10.1. The SMILES string of the molecule is CS(=O)(=O)c1ccccc1-c1ccc(NC(=O)C2CC(O)CN2C(=O)Nc2ccc(Cl)cc2)cc1. The van der Waals surface area contributed by atoms with E-state index < -0.39 is 33.9 Å². The molecular weight excluding hydrogens is 490 g/mol. The molecule has 8 nitrogen and oxygen atoms in total. The lowest BCUT2D eigenvalue weighted by molar-refractivity contribution is -0.119. The Bertz CT molecular complexity index is 1340. The van der Waals surface area contributed by atoms with E-state index in [9.17, 15) is 23.1 Å². The monoisotopic (exact) mass is 513 g/mol. The van der Waals surface area contributed by atoms with Crippen LogP contribution < -0.4 is 10.6 Å². The van der Waals surface area contributed by atoms with Crippen molar-refractivity contribution in [3.8, 4) is 11.1 Å². The number of halogens is 1. The molecule has 1 aliphatic heterocycles. The van der Waals surface area contributed by atoms with Gasteiger partial charge in [0.05, 0.1) is 11.0 Å². The third-order valence-corrected chi connectivity index (χ3v) is 7.09. The van der Waals surface area contributed by atoms with Crippen molar-refractivity contribution in [1.82, 2.24) is 4.90 Å². The van der Waals surface area contributed by atoms with Gasteiger partial charge >= 0.3 is 6.03 Å². The maximum Gasteiger partial charge on any atom is 0.322 e. The van der Waals surface area contributed by atoms with Gasteiger partial charge in [0.1, 0.15) is 6.04 Å². The van der Waals surface area contributed by atoms with Crippen molar-refractivity contribution >= 4 is 44.8 Å². The number of β-amino-alcohol motifs (C(OH)–C–C–N with tert-alkyl or cyclic N) is 1. The predicted molar refractivity (Wildman–Crippen MR) is 135 cm³/mol. The van der Waals surface area contributed by atoms with Crippen LogP contribution in [0.15, 0.2) is 77.7 Å². The summed E-state index contributed by atoms with van der Waals surface area (Å²) in [7, 11) is -3.41. The number of urea groups is 1. The Morgan fingerprint density at radius 2 is 1.54 bits per heavy atom. The average molecular weight is 514 g/mol. The molecule has 3 N–H and O–H groups in total. The van der Waals surface area contributed by atoms with E-state index in [-0.39, 0.29) is 17.9 Å². The number of hydrogen-bond acceptors (Lipinski definition) is 5. The molecule has 0 radical (unpaired) electrons. The largest absolute Gasteiger partial charge is 0.391 e. The third-order valence-electron chi connectivity index (χ3n) is 5.69. The van der Waals surface area contributed by atoms with Crippen LogP contribution in [0, 0.1) is 0 Å². The fourth-order valence-electron chi connectivity index (χ4n) is 4.00. The molecule has 1 aliphatic rings. The molecule has 1 fully saturated rings. The first-order chi connectivity index (χ1) is 16.6. The highest BCUT2D eigenvalue weighted by molar-refractivity contribution is 7.90. The second-order valence-corrected chi connectivity index (χ2v) is 10.8. The summed E-state index contributed by atoms with van der Waals surface area (Å²) in [6, 6.07) is 18.7. The van der Waals surface area contributed by atoms with Gasteiger partial charge in [-0.05, 0) is 48.0 Å². The highest BCUT2D eigenvalue weighted by Gasteiger charge is 2.39. The average Bonchev–Trinajstić information content (AvgIpc) is 3.22. The Kier molecular flexibility index (Phi) is 7.11. The first-order valence-corrected chi connectivity index (χ1v) is 13.1. The zero-order chi connectivity index (χ0) is 25.2. The number of amides is 3. The standard InChI is InChI=1S/C25H24ClN3O5S/c1-35(33,34)23-5-3-2-4-21(23)16-6-10-18(11-7-16)27-24(31)22-14-20(30)15-29(22)25(32)28-19-12-8-17(26)9-13-19/h2-13,20,22,30H,14-15H2,1H3,(H,27,31)(H,28,32). The van der Waals surface area contributed by atoms with E-state index in [0.717, 1.165) is 6.26 Å². The van der Waals surface area contributed by atoms with Gasteiger partial charge in [0.15, 0.2) is 9.84 Å². The summed E-state index contributed by atoms with van der Waals surface area (Å²) in [6.07, 6.45) is 0.446. The molecule has 3 aromatic rings. The fourth-order valence-corrected chi connectivity index (χ4v) is 5.04. The molecule has 2 unspecified atom stereocenters. The Hall–Kier alpha value is -3.40. The van der Waals surface area contributed by atoms with Crippen molar-refractivity contribution in [2.24, 2.45) is 0 Å². The fraction of sp³-hybridized carbons (Fsp3) is 0.200. The summed E-state index contributed by atoms with van der Waals surface area (Å²) in [5.74, 6) is -0.433. The first kappa shape index (κ1) is 24.7. The summed E-state index contributed by atoms with van der Waals surface area (Å²) in [6.45, 7) is 0.0265. The number of anilines is 2. The first-order valence-electron chi connectivity index (χ1n) is 10.8. The molecule has 3 amide bonds. The number of benzene rings is 3. The van der Waals surface area contributed by atoms with Crippen molar-refractivity contribution in [3.05, 3.63) is 77.8 Å². The molecule has 0 aliphatic carbocycles. The zero-order valence-electron chi connectivity index (χ0n) is 18.8. The van der Waals surface area contributed by atoms with Gasteiger partial charge in [0.25, 0.3) is 0 Å². The summed E-state index contributed by atoms with van der Waals surface area (Å²) in [5.41, 5.74) is 2.25. The highest BCUT2D eigenvalue weighted by Crippen LogP contribution is 2.29. The smallest absolute Gasteiger partial charge is 0.322 e. The molecule has 35 heavy (non-hydrogen) atoms. The predicted octanol–water partition coefficient (Wildman–Crippen LogP) is 4.02. The Labute approximate surface area is 208 Å². The third kappa shape index (κ3) is 5.82. The lowest BCUT2D eigenvalue weighted by Gasteiger charge is -2.24. The van der Waals surface area contributed by atoms with Gasteiger partial charge in [-0.25, -0.2) is 13.2 Å². The van der Waals surface area contributed by atoms with Crippen LogP contribution in [0.1, 0.15) is 6.42 Å². The molecule has 3 aromatic carbocycles. The molecule has 1 heterocycles. The molecule has 10 heteroatoms. The van der Waals surface area contributed by atoms with E-state index in [2.05, 4.69) is 10.6 Å². The van der Waals surface area contributed by atoms with E-state index in [1.165, 1.54) is 4.90 Å². The van der Waals surface area contributed by atoms with Crippen LogP contribution in [-0.2, 0) is 14.6 Å². The summed E-state index contributed by atoms with van der Waals surface area (Å²) < 4.78 is 24.2. The van der Waals surface area contributed by atoms with Gasteiger partial charge in [0, 0.05) is 41.2 Å². The number of nitrogens with zero attached hydrogens (tertiary/aromatic N) is 1. The summed E-state index contributed by atoms with van der Waals surface area (Å²) >= 11 is 5.87. The van der Waals surface area contributed by atoms with E-state index in [1.807, 2.05) is 0 Å². The van der Waals surface area contributed by atoms with E-state index in [4.69, 9.17) is 11.6 Å². The Morgan fingerprint density at radius 3 is 2.20 bits per heavy atom. The number of nitrogens with one attached hydrogen (secondary N) is 2. The maximum absolute atomic E-state index is 13.0. The minimum Gasteiger partial charge on any atom is -0.391 e. The minimum absolute atomic E-state index is 0.0265. The second-order valence-electron chi connectivity index (χ2n) is 8.33. The van der Waals surface area contributed by atoms with Gasteiger partial charge in [-0.3, -0.25) is 4.79 Å². The zero-order valence-corrected chi connectivity index (χ0v) is 20.4. The van der Waals surface area contributed by atoms with Crippen LogP contribution in [0.2, 0.25) is 5.02 Å². The topological polar surface area (TPSA) is 116 Å². The van der Waals surface area contributed by atoms with Crippen LogP contribution in [0.3, 0.4) is 0 Å². The maximum atomic E-state index is 13.0. The number of rotatable bonds is 5. The quantitative estimate of drug-likeness (QED) is 0.476. The second kappa shape index (κ2) is 10.1. The van der Waals surface area contributed by atoms with Crippen molar-refractivity contribution < 1.29 is 23.1 Å².